The van der Waals surface area contributed by atoms with Gasteiger partial charge in [-0.05, 0) is 13.3 Å². The molecule has 0 amide bonds. The predicted molar refractivity (Wildman–Crippen MR) is 111 cm³/mol. The first kappa shape index (κ1) is 22.2. The third kappa shape index (κ3) is 7.11. The van der Waals surface area contributed by atoms with Crippen LogP contribution < -0.4 is 0 Å². The van der Waals surface area contributed by atoms with E-state index in [0.29, 0.717) is 22.9 Å². The molecule has 2 aromatic heterocycles. The second-order valence-electron chi connectivity index (χ2n) is 7.41. The second kappa shape index (κ2) is 11.1. The fourth-order valence-corrected chi connectivity index (χ4v) is 4.79. The Morgan fingerprint density at radius 2 is 1.52 bits per heavy atom. The molecule has 6 nitrogen and oxygen atoms in total. The van der Waals surface area contributed by atoms with Crippen molar-refractivity contribution in [3.8, 4) is 0 Å². The van der Waals surface area contributed by atoms with E-state index in [1.54, 1.807) is 4.52 Å². The summed E-state index contributed by atoms with van der Waals surface area (Å²) in [6.45, 7) is 4.08. The lowest BCUT2D eigenvalue weighted by molar-refractivity contribution is 0.557. The van der Waals surface area contributed by atoms with E-state index in [4.69, 9.17) is 11.6 Å². The molecule has 0 bridgehead atoms. The van der Waals surface area contributed by atoms with E-state index in [9.17, 15) is 8.42 Å². The molecule has 0 aliphatic carbocycles. The molecule has 0 unspecified atom stereocenters. The molecule has 2 aromatic rings. The number of aryl methyl sites for hydroxylation is 2. The van der Waals surface area contributed by atoms with Gasteiger partial charge < -0.3 is 0 Å². The summed E-state index contributed by atoms with van der Waals surface area (Å²) >= 11 is 6.12. The molecule has 0 fully saturated rings. The number of rotatable bonds is 14. The first-order valence-electron chi connectivity index (χ1n) is 10.2. The van der Waals surface area contributed by atoms with Gasteiger partial charge in [0.15, 0.2) is 21.3 Å². The normalized spacial score (nSPS) is 12.3. The van der Waals surface area contributed by atoms with Crippen molar-refractivity contribution in [3.05, 3.63) is 16.5 Å². The molecule has 2 heterocycles. The maximum absolute atomic E-state index is 12.3. The number of hydrogen-bond donors (Lipinski definition) is 1. The van der Waals surface area contributed by atoms with Gasteiger partial charge in [0, 0.05) is 6.42 Å². The molecule has 2 rings (SSSR count). The predicted octanol–water partition coefficient (Wildman–Crippen LogP) is 4.90. The van der Waals surface area contributed by atoms with E-state index in [0.717, 1.165) is 25.0 Å². The van der Waals surface area contributed by atoms with Crippen molar-refractivity contribution >= 4 is 27.1 Å². The topological polar surface area (TPSA) is 80.1 Å². The molecule has 0 atom stereocenters. The minimum absolute atomic E-state index is 0.0981. The van der Waals surface area contributed by atoms with Crippen molar-refractivity contribution < 1.29 is 8.42 Å². The lowest BCUT2D eigenvalue weighted by Gasteiger charge is -2.04. The monoisotopic (exact) mass is 416 g/mol. The molecule has 0 saturated heterocycles. The zero-order chi connectivity index (χ0) is 19.7. The molecule has 1 N–H and O–H groups in total. The van der Waals surface area contributed by atoms with Crippen LogP contribution >= 0.6 is 11.6 Å². The van der Waals surface area contributed by atoms with Crippen LogP contribution in [0.5, 0.6) is 0 Å². The molecule has 8 heteroatoms. The van der Waals surface area contributed by atoms with E-state index in [2.05, 4.69) is 22.2 Å². The van der Waals surface area contributed by atoms with Gasteiger partial charge in [-0.15, -0.1) is 10.2 Å². The van der Waals surface area contributed by atoms with Gasteiger partial charge in [0.1, 0.15) is 5.02 Å². The highest BCUT2D eigenvalue weighted by Gasteiger charge is 2.17. The maximum atomic E-state index is 12.3. The van der Waals surface area contributed by atoms with E-state index in [1.807, 2.05) is 6.92 Å². The van der Waals surface area contributed by atoms with E-state index in [-0.39, 0.29) is 11.5 Å². The van der Waals surface area contributed by atoms with Crippen LogP contribution in [0.4, 0.5) is 0 Å². The molecule has 0 aliphatic heterocycles. The van der Waals surface area contributed by atoms with Gasteiger partial charge in [-0.1, -0.05) is 76.3 Å². The van der Waals surface area contributed by atoms with Crippen LogP contribution in [0.3, 0.4) is 0 Å². The molecule has 0 aliphatic rings. The van der Waals surface area contributed by atoms with Crippen LogP contribution in [0.15, 0.2) is 0 Å². The molecule has 0 spiro atoms. The Hall–Kier alpha value is -1.08. The quantitative estimate of drug-likeness (QED) is 0.444. The molecule has 154 valence electrons. The van der Waals surface area contributed by atoms with E-state index in [1.165, 1.54) is 44.9 Å². The molecular formula is C19H33ClN4O2S. The molecular weight excluding hydrogens is 384 g/mol. The standard InChI is InChI=1S/C19H33ClN4O2S/c1-3-4-5-6-7-8-9-10-11-12-14-27(25,26)15-13-17-21-22-19-18(20)16(2)23-24(17)19/h23H,3-15H2,1-2H3. The van der Waals surface area contributed by atoms with Crippen molar-refractivity contribution in [1.82, 2.24) is 19.8 Å². The summed E-state index contributed by atoms with van der Waals surface area (Å²) in [6.07, 6.45) is 12.3. The summed E-state index contributed by atoms with van der Waals surface area (Å²) < 4.78 is 26.2. The summed E-state index contributed by atoms with van der Waals surface area (Å²) in [7, 11) is -3.07. The minimum atomic E-state index is -3.07. The number of hydrogen-bond acceptors (Lipinski definition) is 4. The number of nitrogens with zero attached hydrogens (tertiary/aromatic N) is 3. The van der Waals surface area contributed by atoms with Crippen molar-refractivity contribution in [1.29, 1.82) is 0 Å². The zero-order valence-electron chi connectivity index (χ0n) is 16.6. The SMILES string of the molecule is CCCCCCCCCCCCS(=O)(=O)CCc1nnc2c(Cl)c(C)[nH]n12. The number of H-pyrrole nitrogens is 1. The van der Waals surface area contributed by atoms with Crippen molar-refractivity contribution in [3.63, 3.8) is 0 Å². The van der Waals surface area contributed by atoms with Gasteiger partial charge in [-0.2, -0.15) is 0 Å². The van der Waals surface area contributed by atoms with Gasteiger partial charge in [0.2, 0.25) is 0 Å². The number of aromatic nitrogens is 4. The first-order chi connectivity index (χ1) is 12.9. The summed E-state index contributed by atoms with van der Waals surface area (Å²) in [4.78, 5) is 0. The smallest absolute Gasteiger partial charge is 0.196 e. The number of aromatic amines is 1. The summed E-state index contributed by atoms with van der Waals surface area (Å²) in [5, 5.41) is 11.7. The van der Waals surface area contributed by atoms with E-state index >= 15 is 0 Å². The van der Waals surface area contributed by atoms with Crippen LogP contribution in [0.2, 0.25) is 5.02 Å². The number of unbranched alkanes of at least 4 members (excludes halogenated alkanes) is 9. The number of nitrogens with one attached hydrogen (secondary N) is 1. The number of halogens is 1. The molecule has 0 aromatic carbocycles. The van der Waals surface area contributed by atoms with Gasteiger partial charge >= 0.3 is 0 Å². The van der Waals surface area contributed by atoms with Crippen LogP contribution in [0, 0.1) is 6.92 Å². The fraction of sp³-hybridized carbons (Fsp3) is 0.789. The van der Waals surface area contributed by atoms with E-state index < -0.39 is 9.84 Å². The highest BCUT2D eigenvalue weighted by Crippen LogP contribution is 2.20. The Kier molecular flexibility index (Phi) is 9.09. The maximum Gasteiger partial charge on any atom is 0.196 e. The third-order valence-corrected chi connectivity index (χ3v) is 7.17. The Bertz CT molecular complexity index is 798. The average molecular weight is 417 g/mol. The zero-order valence-corrected chi connectivity index (χ0v) is 18.2. The van der Waals surface area contributed by atoms with Crippen LogP contribution in [-0.2, 0) is 16.3 Å². The Morgan fingerprint density at radius 3 is 2.15 bits per heavy atom. The highest BCUT2D eigenvalue weighted by molar-refractivity contribution is 7.91. The summed E-state index contributed by atoms with van der Waals surface area (Å²) in [5.41, 5.74) is 1.35. The number of fused-ring (bicyclic) bond motifs is 1. The summed E-state index contributed by atoms with van der Waals surface area (Å²) in [5.74, 6) is 0.961. The highest BCUT2D eigenvalue weighted by atomic mass is 35.5. The Labute approximate surface area is 168 Å². The largest absolute Gasteiger partial charge is 0.294 e. The van der Waals surface area contributed by atoms with Crippen molar-refractivity contribution in [2.24, 2.45) is 0 Å². The van der Waals surface area contributed by atoms with Gasteiger partial charge in [0.25, 0.3) is 0 Å². The lowest BCUT2D eigenvalue weighted by atomic mass is 10.1. The third-order valence-electron chi connectivity index (χ3n) is 4.98. The van der Waals surface area contributed by atoms with Crippen molar-refractivity contribution in [2.75, 3.05) is 11.5 Å². The molecule has 0 radical (unpaired) electrons. The second-order valence-corrected chi connectivity index (χ2v) is 10.1. The average Bonchev–Trinajstić information content (AvgIpc) is 3.15. The van der Waals surface area contributed by atoms with Crippen LogP contribution in [0.25, 0.3) is 5.65 Å². The van der Waals surface area contributed by atoms with Crippen LogP contribution in [0.1, 0.15) is 82.7 Å². The van der Waals surface area contributed by atoms with Crippen molar-refractivity contribution in [2.45, 2.75) is 84.5 Å². The Morgan fingerprint density at radius 1 is 0.926 bits per heavy atom. The van der Waals surface area contributed by atoms with Gasteiger partial charge in [-0.3, -0.25) is 5.10 Å². The summed E-state index contributed by atoms with van der Waals surface area (Å²) in [6, 6.07) is 0. The Balaban J connectivity index is 1.62. The molecule has 27 heavy (non-hydrogen) atoms. The fourth-order valence-electron chi connectivity index (χ4n) is 3.28. The number of sulfone groups is 1. The first-order valence-corrected chi connectivity index (χ1v) is 12.4. The minimum Gasteiger partial charge on any atom is -0.294 e. The van der Waals surface area contributed by atoms with Gasteiger partial charge in [-0.25, -0.2) is 12.9 Å². The lowest BCUT2D eigenvalue weighted by Crippen LogP contribution is -2.14. The van der Waals surface area contributed by atoms with Crippen LogP contribution in [-0.4, -0.2) is 39.7 Å². The van der Waals surface area contributed by atoms with Gasteiger partial charge in [0.05, 0.1) is 17.2 Å². The molecule has 0 saturated carbocycles.